The Morgan fingerprint density at radius 2 is 0.690 bits per heavy atom. The molecule has 42 heavy (non-hydrogen) atoms. The second kappa shape index (κ2) is 38.1. The number of ether oxygens (including phenoxy) is 11. The number of rotatable bonds is 37. The zero-order valence-electron chi connectivity index (χ0n) is 25.9. The molecule has 0 heterocycles. The molecule has 0 rings (SSSR count). The molecule has 13 nitrogen and oxygen atoms in total. The lowest BCUT2D eigenvalue weighted by Crippen LogP contribution is -2.15. The summed E-state index contributed by atoms with van der Waals surface area (Å²) in [5.74, 6) is -0.153. The van der Waals surface area contributed by atoms with Crippen LogP contribution in [0.15, 0.2) is 0 Å². The number of hydrogen-bond donors (Lipinski definition) is 1. The predicted octanol–water partition coefficient (Wildman–Crippen LogP) is 1.66. The zero-order valence-corrected chi connectivity index (χ0v) is 25.9. The summed E-state index contributed by atoms with van der Waals surface area (Å²) in [6.07, 6.45) is 4.76. The molecule has 0 amide bonds. The quantitative estimate of drug-likeness (QED) is 0.0802. The van der Waals surface area contributed by atoms with E-state index in [0.29, 0.717) is 139 Å². The molecule has 0 aliphatic heterocycles. The third-order valence-electron chi connectivity index (χ3n) is 5.31. The first-order valence-electron chi connectivity index (χ1n) is 15.3. The molecule has 0 aliphatic rings. The standard InChI is InChI=1S/C29H58O13/c1-2-3-4-5-6-29(31)42-28-27-41-26-25-40-24-23-39-22-21-38-20-19-37-18-17-36-16-15-35-14-13-34-12-11-33-10-9-32-8-7-30/h30H,2-28H2,1H3. The summed E-state index contributed by atoms with van der Waals surface area (Å²) >= 11 is 0. The summed E-state index contributed by atoms with van der Waals surface area (Å²) in [4.78, 5) is 11.5. The molecule has 0 unspecified atom stereocenters. The number of aliphatic hydroxyl groups excluding tert-OH is 1. The molecule has 0 aromatic heterocycles. The van der Waals surface area contributed by atoms with Crippen LogP contribution in [0.3, 0.4) is 0 Å². The largest absolute Gasteiger partial charge is 0.463 e. The molecule has 0 radical (unpaired) electrons. The highest BCUT2D eigenvalue weighted by Gasteiger charge is 2.02. The molecular formula is C29H58O13. The molecule has 0 fully saturated rings. The van der Waals surface area contributed by atoms with Gasteiger partial charge in [-0.25, -0.2) is 0 Å². The molecule has 0 saturated carbocycles. The van der Waals surface area contributed by atoms with Gasteiger partial charge in [0.05, 0.1) is 139 Å². The van der Waals surface area contributed by atoms with Crippen LogP contribution in [0.25, 0.3) is 0 Å². The zero-order chi connectivity index (χ0) is 30.4. The fourth-order valence-electron chi connectivity index (χ4n) is 3.13. The number of esters is 1. The van der Waals surface area contributed by atoms with Gasteiger partial charge in [0.1, 0.15) is 6.61 Å². The Hall–Kier alpha value is -0.970. The summed E-state index contributed by atoms with van der Waals surface area (Å²) in [5.41, 5.74) is 0. The molecule has 0 saturated heterocycles. The van der Waals surface area contributed by atoms with Gasteiger partial charge in [-0.05, 0) is 6.42 Å². The molecule has 252 valence electrons. The molecule has 0 aromatic rings. The van der Waals surface area contributed by atoms with Gasteiger partial charge in [-0.2, -0.15) is 0 Å². The van der Waals surface area contributed by atoms with Gasteiger partial charge in [-0.3, -0.25) is 4.79 Å². The van der Waals surface area contributed by atoms with Crippen molar-refractivity contribution in [2.24, 2.45) is 0 Å². The number of carbonyl (C=O) groups is 1. The molecule has 0 spiro atoms. The summed E-state index contributed by atoms with van der Waals surface area (Å²) in [5, 5.41) is 8.57. The minimum atomic E-state index is -0.153. The van der Waals surface area contributed by atoms with Gasteiger partial charge in [0, 0.05) is 6.42 Å². The Morgan fingerprint density at radius 1 is 0.405 bits per heavy atom. The van der Waals surface area contributed by atoms with Crippen molar-refractivity contribution in [2.45, 2.75) is 39.0 Å². The molecule has 0 atom stereocenters. The fraction of sp³-hybridized carbons (Fsp3) is 0.966. The van der Waals surface area contributed by atoms with E-state index >= 15 is 0 Å². The van der Waals surface area contributed by atoms with Crippen LogP contribution in [0.2, 0.25) is 0 Å². The number of unbranched alkanes of at least 4 members (excludes halogenated alkanes) is 3. The minimum Gasteiger partial charge on any atom is -0.463 e. The van der Waals surface area contributed by atoms with E-state index in [4.69, 9.17) is 57.2 Å². The molecular weight excluding hydrogens is 556 g/mol. The van der Waals surface area contributed by atoms with E-state index in [9.17, 15) is 4.79 Å². The van der Waals surface area contributed by atoms with Crippen molar-refractivity contribution in [3.05, 3.63) is 0 Å². The Morgan fingerprint density at radius 3 is 0.976 bits per heavy atom. The first-order chi connectivity index (χ1) is 20.8. The van der Waals surface area contributed by atoms with Crippen molar-refractivity contribution < 1.29 is 62.0 Å². The Labute approximate surface area is 252 Å². The first-order valence-corrected chi connectivity index (χ1v) is 15.3. The van der Waals surface area contributed by atoms with Gasteiger partial charge < -0.3 is 57.2 Å². The third kappa shape index (κ3) is 37.1. The second-order valence-electron chi connectivity index (χ2n) is 8.88. The van der Waals surface area contributed by atoms with E-state index < -0.39 is 0 Å². The average molecular weight is 615 g/mol. The van der Waals surface area contributed by atoms with Crippen molar-refractivity contribution in [1.82, 2.24) is 0 Å². The molecule has 0 bridgehead atoms. The maximum atomic E-state index is 11.5. The SMILES string of the molecule is CCCCCCC(=O)OCCOCCOCCOCCOCCOCCOCCOCCOCCOCCOCCO. The summed E-state index contributed by atoms with van der Waals surface area (Å²) in [6.45, 7) is 12.0. The van der Waals surface area contributed by atoms with Crippen LogP contribution < -0.4 is 0 Å². The lowest BCUT2D eigenvalue weighted by molar-refractivity contribution is -0.145. The van der Waals surface area contributed by atoms with Gasteiger partial charge >= 0.3 is 5.97 Å². The van der Waals surface area contributed by atoms with Crippen molar-refractivity contribution in [3.63, 3.8) is 0 Å². The van der Waals surface area contributed by atoms with Crippen LogP contribution in [-0.2, 0) is 56.9 Å². The lowest BCUT2D eigenvalue weighted by atomic mass is 10.2. The van der Waals surface area contributed by atoms with E-state index in [0.717, 1.165) is 25.7 Å². The van der Waals surface area contributed by atoms with Gasteiger partial charge in [0.15, 0.2) is 0 Å². The van der Waals surface area contributed by atoms with Crippen molar-refractivity contribution in [2.75, 3.05) is 145 Å². The first kappa shape index (κ1) is 41.0. The normalized spacial score (nSPS) is 11.4. The number of aliphatic hydroxyl groups is 1. The molecule has 1 N–H and O–H groups in total. The van der Waals surface area contributed by atoms with Crippen LogP contribution in [0.4, 0.5) is 0 Å². The van der Waals surface area contributed by atoms with Crippen LogP contribution in [-0.4, -0.2) is 156 Å². The highest BCUT2D eigenvalue weighted by Crippen LogP contribution is 2.03. The molecule has 13 heteroatoms. The third-order valence-corrected chi connectivity index (χ3v) is 5.31. The second-order valence-corrected chi connectivity index (χ2v) is 8.88. The van der Waals surface area contributed by atoms with Gasteiger partial charge in [-0.15, -0.1) is 0 Å². The van der Waals surface area contributed by atoms with E-state index in [1.165, 1.54) is 0 Å². The smallest absolute Gasteiger partial charge is 0.305 e. The van der Waals surface area contributed by atoms with Crippen LogP contribution in [0.5, 0.6) is 0 Å². The van der Waals surface area contributed by atoms with Crippen molar-refractivity contribution >= 4 is 5.97 Å². The maximum absolute atomic E-state index is 11.5. The van der Waals surface area contributed by atoms with Gasteiger partial charge in [-0.1, -0.05) is 26.2 Å². The van der Waals surface area contributed by atoms with E-state index in [2.05, 4.69) is 6.92 Å². The number of carbonyl (C=O) groups excluding carboxylic acids is 1. The summed E-state index contributed by atoms with van der Waals surface area (Å²) in [7, 11) is 0. The van der Waals surface area contributed by atoms with Crippen molar-refractivity contribution in [1.29, 1.82) is 0 Å². The molecule has 0 aromatic carbocycles. The van der Waals surface area contributed by atoms with Crippen LogP contribution in [0, 0.1) is 0 Å². The van der Waals surface area contributed by atoms with E-state index in [1.807, 2.05) is 0 Å². The van der Waals surface area contributed by atoms with E-state index in [-0.39, 0.29) is 19.2 Å². The monoisotopic (exact) mass is 614 g/mol. The summed E-state index contributed by atoms with van der Waals surface area (Å²) in [6, 6.07) is 0. The Bertz CT molecular complexity index is 514. The minimum absolute atomic E-state index is 0.0238. The fourth-order valence-corrected chi connectivity index (χ4v) is 3.13. The molecule has 0 aliphatic carbocycles. The highest BCUT2D eigenvalue weighted by atomic mass is 16.6. The van der Waals surface area contributed by atoms with Crippen LogP contribution >= 0.6 is 0 Å². The highest BCUT2D eigenvalue weighted by molar-refractivity contribution is 5.69. The van der Waals surface area contributed by atoms with Crippen LogP contribution in [0.1, 0.15) is 39.0 Å². The lowest BCUT2D eigenvalue weighted by Gasteiger charge is -2.09. The topological polar surface area (TPSA) is 139 Å². The Balaban J connectivity index is 3.07. The predicted molar refractivity (Wildman–Crippen MR) is 155 cm³/mol. The average Bonchev–Trinajstić information content (AvgIpc) is 3.00. The summed E-state index contributed by atoms with van der Waals surface area (Å²) < 4.78 is 59.0. The Kier molecular flexibility index (Phi) is 37.2. The van der Waals surface area contributed by atoms with Gasteiger partial charge in [0.25, 0.3) is 0 Å². The maximum Gasteiger partial charge on any atom is 0.305 e. The van der Waals surface area contributed by atoms with E-state index in [1.54, 1.807) is 0 Å². The number of hydrogen-bond acceptors (Lipinski definition) is 13. The van der Waals surface area contributed by atoms with Crippen molar-refractivity contribution in [3.8, 4) is 0 Å². The van der Waals surface area contributed by atoms with Gasteiger partial charge in [0.2, 0.25) is 0 Å².